The minimum absolute atomic E-state index is 0.155. The molecule has 1 amide bonds. The molecule has 3 heteroatoms. The van der Waals surface area contributed by atoms with E-state index in [2.05, 4.69) is 4.90 Å². The number of nitrogens with zero attached hydrogens (tertiary/aromatic N) is 1. The van der Waals surface area contributed by atoms with Gasteiger partial charge in [-0.3, -0.25) is 9.59 Å². The van der Waals surface area contributed by atoms with Gasteiger partial charge in [0.1, 0.15) is 5.78 Å². The van der Waals surface area contributed by atoms with Gasteiger partial charge in [0.05, 0.1) is 0 Å². The van der Waals surface area contributed by atoms with E-state index in [1.165, 1.54) is 25.7 Å². The first kappa shape index (κ1) is 14.1. The molecule has 3 rings (SSSR count). The number of ketones is 1. The van der Waals surface area contributed by atoms with E-state index in [1.807, 2.05) is 0 Å². The van der Waals surface area contributed by atoms with E-state index in [4.69, 9.17) is 0 Å². The van der Waals surface area contributed by atoms with Crippen LogP contribution in [0, 0.1) is 11.8 Å². The lowest BCUT2D eigenvalue weighted by molar-refractivity contribution is -0.143. The van der Waals surface area contributed by atoms with Crippen molar-refractivity contribution in [2.45, 2.75) is 76.7 Å². The van der Waals surface area contributed by atoms with Crippen molar-refractivity contribution in [2.75, 3.05) is 6.54 Å². The van der Waals surface area contributed by atoms with Gasteiger partial charge in [-0.1, -0.05) is 19.3 Å². The summed E-state index contributed by atoms with van der Waals surface area (Å²) in [7, 11) is 0. The molecular weight excluding hydrogens is 250 g/mol. The molecule has 20 heavy (non-hydrogen) atoms. The van der Waals surface area contributed by atoms with Crippen LogP contribution in [-0.2, 0) is 9.59 Å². The molecule has 112 valence electrons. The minimum atomic E-state index is 0.155. The first-order chi connectivity index (χ1) is 9.77. The first-order valence-electron chi connectivity index (χ1n) is 8.60. The van der Waals surface area contributed by atoms with Crippen LogP contribution in [0.1, 0.15) is 70.6 Å². The van der Waals surface area contributed by atoms with Crippen molar-refractivity contribution in [3.63, 3.8) is 0 Å². The maximum absolute atomic E-state index is 12.8. The molecule has 1 aliphatic heterocycles. The van der Waals surface area contributed by atoms with Crippen molar-refractivity contribution in [1.29, 1.82) is 0 Å². The monoisotopic (exact) mass is 277 g/mol. The highest BCUT2D eigenvalue weighted by Crippen LogP contribution is 2.35. The summed E-state index contributed by atoms with van der Waals surface area (Å²) in [5.74, 6) is 1.19. The Balaban J connectivity index is 1.71. The van der Waals surface area contributed by atoms with Crippen molar-refractivity contribution in [3.8, 4) is 0 Å². The fraction of sp³-hybridized carbons (Fsp3) is 0.882. The molecule has 2 unspecified atom stereocenters. The van der Waals surface area contributed by atoms with Crippen LogP contribution in [0.5, 0.6) is 0 Å². The third-order valence-corrected chi connectivity index (χ3v) is 5.60. The molecule has 0 N–H and O–H groups in total. The number of amides is 1. The largest absolute Gasteiger partial charge is 0.339 e. The van der Waals surface area contributed by atoms with Crippen LogP contribution in [0.3, 0.4) is 0 Å². The van der Waals surface area contributed by atoms with Crippen LogP contribution in [0.25, 0.3) is 0 Å². The van der Waals surface area contributed by atoms with Gasteiger partial charge in [-0.25, -0.2) is 0 Å². The quantitative estimate of drug-likeness (QED) is 0.776. The summed E-state index contributed by atoms with van der Waals surface area (Å²) in [6.45, 7) is 0.893. The maximum Gasteiger partial charge on any atom is 0.225 e. The van der Waals surface area contributed by atoms with Crippen molar-refractivity contribution >= 4 is 11.7 Å². The van der Waals surface area contributed by atoms with E-state index in [9.17, 15) is 9.59 Å². The van der Waals surface area contributed by atoms with Gasteiger partial charge in [0.2, 0.25) is 5.91 Å². The smallest absolute Gasteiger partial charge is 0.225 e. The molecular formula is C17H27NO2. The van der Waals surface area contributed by atoms with E-state index >= 15 is 0 Å². The van der Waals surface area contributed by atoms with Crippen LogP contribution in [-0.4, -0.2) is 29.2 Å². The lowest BCUT2D eigenvalue weighted by Crippen LogP contribution is -2.50. The Morgan fingerprint density at radius 3 is 2.35 bits per heavy atom. The molecule has 2 aliphatic carbocycles. The molecule has 3 aliphatic rings. The lowest BCUT2D eigenvalue weighted by Gasteiger charge is -2.41. The summed E-state index contributed by atoms with van der Waals surface area (Å²) in [6, 6.07) is 0.230. The van der Waals surface area contributed by atoms with Gasteiger partial charge in [-0.2, -0.15) is 0 Å². The van der Waals surface area contributed by atoms with E-state index in [0.29, 0.717) is 11.7 Å². The molecule has 3 fully saturated rings. The highest BCUT2D eigenvalue weighted by Gasteiger charge is 2.40. The predicted octanol–water partition coefficient (Wildman–Crippen LogP) is 3.32. The van der Waals surface area contributed by atoms with Gasteiger partial charge < -0.3 is 4.90 Å². The van der Waals surface area contributed by atoms with Gasteiger partial charge in [0, 0.05) is 30.8 Å². The molecule has 2 atom stereocenters. The fourth-order valence-corrected chi connectivity index (χ4v) is 4.48. The lowest BCUT2D eigenvalue weighted by atomic mass is 9.84. The Kier molecular flexibility index (Phi) is 4.42. The Morgan fingerprint density at radius 1 is 0.900 bits per heavy atom. The number of likely N-dealkylation sites (tertiary alicyclic amines) is 1. The van der Waals surface area contributed by atoms with Crippen molar-refractivity contribution in [1.82, 2.24) is 4.90 Å². The molecule has 1 heterocycles. The van der Waals surface area contributed by atoms with Gasteiger partial charge >= 0.3 is 0 Å². The number of hydrogen-bond acceptors (Lipinski definition) is 2. The molecule has 2 saturated carbocycles. The van der Waals surface area contributed by atoms with E-state index < -0.39 is 0 Å². The van der Waals surface area contributed by atoms with Crippen LogP contribution in [0.2, 0.25) is 0 Å². The Labute approximate surface area is 122 Å². The van der Waals surface area contributed by atoms with E-state index in [1.54, 1.807) is 0 Å². The summed E-state index contributed by atoms with van der Waals surface area (Å²) in [4.78, 5) is 27.0. The normalized spacial score (nSPS) is 32.6. The topological polar surface area (TPSA) is 37.4 Å². The van der Waals surface area contributed by atoms with Gasteiger partial charge in [-0.05, 0) is 44.9 Å². The van der Waals surface area contributed by atoms with Crippen LogP contribution < -0.4 is 0 Å². The average Bonchev–Trinajstić information content (AvgIpc) is 2.93. The second kappa shape index (κ2) is 6.28. The average molecular weight is 277 g/mol. The zero-order chi connectivity index (χ0) is 13.9. The molecule has 0 spiro atoms. The third-order valence-electron chi connectivity index (χ3n) is 5.60. The fourth-order valence-electron chi connectivity index (χ4n) is 4.48. The number of carbonyl (C=O) groups is 2. The summed E-state index contributed by atoms with van der Waals surface area (Å²) >= 11 is 0. The van der Waals surface area contributed by atoms with Crippen LogP contribution in [0.4, 0.5) is 0 Å². The first-order valence-corrected chi connectivity index (χ1v) is 8.60. The second-order valence-corrected chi connectivity index (χ2v) is 6.89. The number of carbonyl (C=O) groups excluding carboxylic acids is 2. The molecule has 3 nitrogen and oxygen atoms in total. The zero-order valence-corrected chi connectivity index (χ0v) is 12.5. The third kappa shape index (κ3) is 2.77. The highest BCUT2D eigenvalue weighted by atomic mass is 16.2. The van der Waals surface area contributed by atoms with Gasteiger partial charge in [0.15, 0.2) is 0 Å². The van der Waals surface area contributed by atoms with Gasteiger partial charge in [0.25, 0.3) is 0 Å². The highest BCUT2D eigenvalue weighted by molar-refractivity contribution is 5.85. The number of Topliss-reactive ketones (excluding diaryl/α,β-unsaturated/α-hetero) is 1. The molecule has 0 aromatic heterocycles. The van der Waals surface area contributed by atoms with Crippen LogP contribution in [0.15, 0.2) is 0 Å². The van der Waals surface area contributed by atoms with Crippen LogP contribution >= 0.6 is 0 Å². The van der Waals surface area contributed by atoms with E-state index in [-0.39, 0.29) is 17.9 Å². The zero-order valence-electron chi connectivity index (χ0n) is 12.5. The van der Waals surface area contributed by atoms with Crippen molar-refractivity contribution in [3.05, 3.63) is 0 Å². The molecule has 1 saturated heterocycles. The number of piperidine rings is 1. The maximum atomic E-state index is 12.8. The Hall–Kier alpha value is -0.860. The standard InChI is InChI=1S/C17H27NO2/c19-16-11-6-9-14(16)15-10-4-5-12-18(15)17(20)13-7-2-1-3-8-13/h13-15H,1-12H2. The van der Waals surface area contributed by atoms with Gasteiger partial charge in [-0.15, -0.1) is 0 Å². The summed E-state index contributed by atoms with van der Waals surface area (Å²) in [5.41, 5.74) is 0. The minimum Gasteiger partial charge on any atom is -0.339 e. The molecule has 0 bridgehead atoms. The number of rotatable bonds is 2. The van der Waals surface area contributed by atoms with Crippen molar-refractivity contribution in [2.24, 2.45) is 11.8 Å². The predicted molar refractivity (Wildman–Crippen MR) is 78.3 cm³/mol. The molecule has 0 aromatic rings. The Bertz CT molecular complexity index is 373. The molecule has 0 radical (unpaired) electrons. The molecule has 0 aromatic carbocycles. The van der Waals surface area contributed by atoms with E-state index in [0.717, 1.165) is 51.5 Å². The van der Waals surface area contributed by atoms with Crippen molar-refractivity contribution < 1.29 is 9.59 Å². The summed E-state index contributed by atoms with van der Waals surface area (Å²) in [5, 5.41) is 0. The summed E-state index contributed by atoms with van der Waals surface area (Å²) < 4.78 is 0. The SMILES string of the molecule is O=C1CCCC1C1CCCCN1C(=O)C1CCCCC1. The number of hydrogen-bond donors (Lipinski definition) is 0. The Morgan fingerprint density at radius 2 is 1.65 bits per heavy atom. The summed E-state index contributed by atoms with van der Waals surface area (Å²) in [6.07, 6.45) is 12.0. The second-order valence-electron chi connectivity index (χ2n) is 6.89.